The number of Topliss-reactive ketones (excluding diaryl/α,β-unsaturated/α-hetero) is 1. The number of hydrogen-bond acceptors (Lipinski definition) is 3. The van der Waals surface area contributed by atoms with Crippen molar-refractivity contribution in [1.82, 2.24) is 0 Å². The Hall–Kier alpha value is -1.67. The zero-order valence-electron chi connectivity index (χ0n) is 14.7. The van der Waals surface area contributed by atoms with E-state index in [4.69, 9.17) is 0 Å². The first-order valence-corrected chi connectivity index (χ1v) is 11.1. The molecule has 1 aliphatic carbocycles. The van der Waals surface area contributed by atoms with Gasteiger partial charge < -0.3 is 0 Å². The lowest BCUT2D eigenvalue weighted by Crippen LogP contribution is -2.34. The number of hydrogen-bond donors (Lipinski definition) is 0. The normalized spacial score (nSPS) is 20.9. The van der Waals surface area contributed by atoms with Crippen molar-refractivity contribution in [3.05, 3.63) is 64.1 Å². The SMILES string of the molecule is O=C1CCC(S(=O)(=O)c2ccc(C(F)(F)F)cc2)CC1Cc1ccc(Br)cc1. The number of halogens is 4. The minimum atomic E-state index is -4.52. The highest BCUT2D eigenvalue weighted by molar-refractivity contribution is 9.10. The number of carbonyl (C=O) groups is 1. The summed E-state index contributed by atoms with van der Waals surface area (Å²) in [6.07, 6.45) is -3.54. The van der Waals surface area contributed by atoms with Gasteiger partial charge in [0.2, 0.25) is 0 Å². The molecule has 0 aliphatic heterocycles. The number of carbonyl (C=O) groups excluding carboxylic acids is 1. The van der Waals surface area contributed by atoms with Crippen molar-refractivity contribution in [2.45, 2.75) is 42.0 Å². The summed E-state index contributed by atoms with van der Waals surface area (Å²) in [6.45, 7) is 0. The smallest absolute Gasteiger partial charge is 0.299 e. The topological polar surface area (TPSA) is 51.2 Å². The van der Waals surface area contributed by atoms with Crippen LogP contribution in [0.1, 0.15) is 30.4 Å². The molecule has 0 aromatic heterocycles. The molecule has 0 radical (unpaired) electrons. The van der Waals surface area contributed by atoms with Crippen molar-refractivity contribution >= 4 is 31.6 Å². The zero-order valence-corrected chi connectivity index (χ0v) is 17.1. The maximum atomic E-state index is 12.9. The standard InChI is InChI=1S/C20H18BrF3O3S/c21-16-5-1-13(2-6-16)11-14-12-18(9-10-19(14)25)28(26,27)17-7-3-15(4-8-17)20(22,23)24/h1-8,14,18H,9-12H2. The molecule has 1 fully saturated rings. The third kappa shape index (κ3) is 4.66. The summed E-state index contributed by atoms with van der Waals surface area (Å²) in [5, 5.41) is -0.776. The van der Waals surface area contributed by atoms with E-state index >= 15 is 0 Å². The van der Waals surface area contributed by atoms with Crippen molar-refractivity contribution < 1.29 is 26.4 Å². The molecular weight excluding hydrogens is 457 g/mol. The van der Waals surface area contributed by atoms with Crippen LogP contribution in [-0.2, 0) is 27.2 Å². The molecule has 2 atom stereocenters. The Morgan fingerprint density at radius 2 is 1.61 bits per heavy atom. The predicted octanol–water partition coefficient (Wildman–Crippen LogP) is 5.22. The molecule has 3 nitrogen and oxygen atoms in total. The van der Waals surface area contributed by atoms with Gasteiger partial charge in [-0.15, -0.1) is 0 Å². The monoisotopic (exact) mass is 474 g/mol. The third-order valence-electron chi connectivity index (χ3n) is 5.06. The highest BCUT2D eigenvalue weighted by Gasteiger charge is 2.37. The van der Waals surface area contributed by atoms with Crippen LogP contribution in [0, 0.1) is 5.92 Å². The van der Waals surface area contributed by atoms with Crippen LogP contribution < -0.4 is 0 Å². The second kappa shape index (κ2) is 7.99. The third-order valence-corrected chi connectivity index (χ3v) is 7.82. The molecule has 8 heteroatoms. The molecule has 0 heterocycles. The van der Waals surface area contributed by atoms with Crippen molar-refractivity contribution in [2.24, 2.45) is 5.92 Å². The number of sulfone groups is 1. The van der Waals surface area contributed by atoms with Crippen LogP contribution in [0.2, 0.25) is 0 Å². The van der Waals surface area contributed by atoms with E-state index in [2.05, 4.69) is 15.9 Å². The van der Waals surface area contributed by atoms with Gasteiger partial charge in [0, 0.05) is 16.8 Å². The second-order valence-corrected chi connectivity index (χ2v) is 10.1. The molecule has 0 amide bonds. The Morgan fingerprint density at radius 1 is 1.00 bits per heavy atom. The molecule has 0 bridgehead atoms. The fourth-order valence-corrected chi connectivity index (χ4v) is 5.56. The molecule has 2 aromatic rings. The summed E-state index contributed by atoms with van der Waals surface area (Å²) in [7, 11) is -3.81. The fourth-order valence-electron chi connectivity index (χ4n) is 3.48. The van der Waals surface area contributed by atoms with E-state index < -0.39 is 32.7 Å². The summed E-state index contributed by atoms with van der Waals surface area (Å²) in [4.78, 5) is 12.2. The van der Waals surface area contributed by atoms with Gasteiger partial charge in [0.1, 0.15) is 5.78 Å². The Balaban J connectivity index is 1.78. The summed E-state index contributed by atoms with van der Waals surface area (Å²) in [6, 6.07) is 11.0. The summed E-state index contributed by atoms with van der Waals surface area (Å²) < 4.78 is 64.8. The molecule has 0 saturated heterocycles. The Labute approximate surface area is 170 Å². The van der Waals surface area contributed by atoms with Gasteiger partial charge in [0.05, 0.1) is 15.7 Å². The van der Waals surface area contributed by atoms with Gasteiger partial charge in [-0.1, -0.05) is 28.1 Å². The minimum absolute atomic E-state index is 0.0294. The van der Waals surface area contributed by atoms with Crippen LogP contribution in [-0.4, -0.2) is 19.5 Å². The minimum Gasteiger partial charge on any atom is -0.299 e. The van der Waals surface area contributed by atoms with Gasteiger partial charge in [-0.3, -0.25) is 4.79 Å². The molecule has 28 heavy (non-hydrogen) atoms. The number of ketones is 1. The van der Waals surface area contributed by atoms with Crippen LogP contribution in [0.4, 0.5) is 13.2 Å². The first-order valence-electron chi connectivity index (χ1n) is 8.75. The molecule has 0 N–H and O–H groups in total. The molecule has 2 unspecified atom stereocenters. The van der Waals surface area contributed by atoms with E-state index in [1.165, 1.54) is 0 Å². The lowest BCUT2D eigenvalue weighted by Gasteiger charge is -2.28. The highest BCUT2D eigenvalue weighted by atomic mass is 79.9. The van der Waals surface area contributed by atoms with Crippen LogP contribution in [0.5, 0.6) is 0 Å². The number of alkyl halides is 3. The Morgan fingerprint density at radius 3 is 2.18 bits per heavy atom. The van der Waals surface area contributed by atoms with Crippen molar-refractivity contribution in [2.75, 3.05) is 0 Å². The van der Waals surface area contributed by atoms with Crippen molar-refractivity contribution in [1.29, 1.82) is 0 Å². The maximum absolute atomic E-state index is 12.9. The molecule has 1 saturated carbocycles. The van der Waals surface area contributed by atoms with Gasteiger partial charge in [-0.2, -0.15) is 13.2 Å². The fraction of sp³-hybridized carbons (Fsp3) is 0.350. The quantitative estimate of drug-likeness (QED) is 0.609. The van der Waals surface area contributed by atoms with E-state index in [1.54, 1.807) is 0 Å². The van der Waals surface area contributed by atoms with Gasteiger partial charge >= 0.3 is 6.18 Å². The van der Waals surface area contributed by atoms with Gasteiger partial charge in [0.25, 0.3) is 0 Å². The highest BCUT2D eigenvalue weighted by Crippen LogP contribution is 2.34. The van der Waals surface area contributed by atoms with Crippen LogP contribution in [0.15, 0.2) is 57.9 Å². The maximum Gasteiger partial charge on any atom is 0.416 e. The second-order valence-electron chi connectivity index (χ2n) is 6.96. The molecule has 0 spiro atoms. The van der Waals surface area contributed by atoms with Crippen LogP contribution >= 0.6 is 15.9 Å². The average molecular weight is 475 g/mol. The Bertz CT molecular complexity index is 952. The summed E-state index contributed by atoms with van der Waals surface area (Å²) in [5.74, 6) is -0.383. The lowest BCUT2D eigenvalue weighted by molar-refractivity contribution is -0.137. The Kier molecular flexibility index (Phi) is 6.00. The molecule has 2 aromatic carbocycles. The van der Waals surface area contributed by atoms with Crippen molar-refractivity contribution in [3.63, 3.8) is 0 Å². The lowest BCUT2D eigenvalue weighted by atomic mass is 9.83. The largest absolute Gasteiger partial charge is 0.416 e. The zero-order chi connectivity index (χ0) is 20.5. The first kappa shape index (κ1) is 21.0. The van der Waals surface area contributed by atoms with E-state index in [0.29, 0.717) is 6.42 Å². The summed E-state index contributed by atoms with van der Waals surface area (Å²) in [5.41, 5.74) is 0.0486. The van der Waals surface area contributed by atoms with E-state index in [9.17, 15) is 26.4 Å². The predicted molar refractivity (Wildman–Crippen MR) is 103 cm³/mol. The van der Waals surface area contributed by atoms with Crippen LogP contribution in [0.25, 0.3) is 0 Å². The summed E-state index contributed by atoms with van der Waals surface area (Å²) >= 11 is 3.34. The molecule has 1 aliphatic rings. The van der Waals surface area contributed by atoms with Gasteiger partial charge in [-0.05, 0) is 61.2 Å². The van der Waals surface area contributed by atoms with Crippen molar-refractivity contribution in [3.8, 4) is 0 Å². The van der Waals surface area contributed by atoms with E-state index in [1.807, 2.05) is 24.3 Å². The van der Waals surface area contributed by atoms with E-state index in [0.717, 1.165) is 34.3 Å². The molecule has 150 valence electrons. The van der Waals surface area contributed by atoms with E-state index in [-0.39, 0.29) is 29.9 Å². The van der Waals surface area contributed by atoms with Gasteiger partial charge in [0.15, 0.2) is 9.84 Å². The van der Waals surface area contributed by atoms with Gasteiger partial charge in [-0.25, -0.2) is 8.42 Å². The average Bonchev–Trinajstić information content (AvgIpc) is 2.64. The van der Waals surface area contributed by atoms with Crippen LogP contribution in [0.3, 0.4) is 0 Å². The first-order chi connectivity index (χ1) is 13.1. The molecule has 3 rings (SSSR count). The number of benzene rings is 2. The number of rotatable bonds is 4. The molecular formula is C20H18BrF3O3S.